The summed E-state index contributed by atoms with van der Waals surface area (Å²) in [6.07, 6.45) is 2.61. The van der Waals surface area contributed by atoms with Crippen molar-refractivity contribution in [3.05, 3.63) is 0 Å². The van der Waals surface area contributed by atoms with Crippen LogP contribution >= 0.6 is 21.7 Å². The van der Waals surface area contributed by atoms with Crippen LogP contribution in [0.15, 0.2) is 0 Å². The van der Waals surface area contributed by atoms with E-state index in [9.17, 15) is 0 Å². The Hall–Kier alpha value is 0.640. The van der Waals surface area contributed by atoms with Crippen molar-refractivity contribution < 1.29 is 0 Å². The normalized spacial score (nSPS) is 27.0. The number of hydrogen-bond donors (Lipinski definition) is 0. The van der Waals surface area contributed by atoms with Crippen molar-refractivity contribution in [1.82, 2.24) is 0 Å². The maximum Gasteiger partial charge on any atom is 0.0284 e. The summed E-state index contributed by atoms with van der Waals surface area (Å²) in [5.41, 5.74) is 0. The molecule has 0 aromatic rings. The van der Waals surface area contributed by atoms with Gasteiger partial charge >= 0.3 is 0 Å². The third kappa shape index (κ3) is 0.824. The van der Waals surface area contributed by atoms with Gasteiger partial charge in [-0.25, -0.2) is 0 Å². The standard InChI is InChI=1S/C4H7ClS/c1-4(6-5)2-3-4/h2-3H2,1H3. The molecule has 1 rings (SSSR count). The number of halogens is 1. The van der Waals surface area contributed by atoms with E-state index in [-0.39, 0.29) is 0 Å². The van der Waals surface area contributed by atoms with Gasteiger partial charge in [0.2, 0.25) is 0 Å². The average molecular weight is 123 g/mol. The summed E-state index contributed by atoms with van der Waals surface area (Å²) >= 11 is 0. The van der Waals surface area contributed by atoms with Gasteiger partial charge in [-0.3, -0.25) is 0 Å². The first-order chi connectivity index (χ1) is 2.77. The third-order valence-electron chi connectivity index (χ3n) is 1.14. The molecule has 0 aliphatic heterocycles. The highest BCUT2D eigenvalue weighted by atomic mass is 35.7. The quantitative estimate of drug-likeness (QED) is 0.515. The average Bonchev–Trinajstić information content (AvgIpc) is 2.22. The van der Waals surface area contributed by atoms with Gasteiger partial charge in [0.25, 0.3) is 0 Å². The largest absolute Gasteiger partial charge is 0.0493 e. The van der Waals surface area contributed by atoms with Crippen LogP contribution in [0.4, 0.5) is 0 Å². The molecule has 0 radical (unpaired) electrons. The van der Waals surface area contributed by atoms with Crippen LogP contribution in [0.2, 0.25) is 0 Å². The topological polar surface area (TPSA) is 0 Å². The van der Waals surface area contributed by atoms with Crippen molar-refractivity contribution in [2.75, 3.05) is 0 Å². The van der Waals surface area contributed by atoms with Crippen LogP contribution in [0.25, 0.3) is 0 Å². The van der Waals surface area contributed by atoms with Crippen LogP contribution in [0.3, 0.4) is 0 Å². The minimum absolute atomic E-state index is 0.474. The Bertz CT molecular complexity index is 58.6. The van der Waals surface area contributed by atoms with Gasteiger partial charge in [0.1, 0.15) is 0 Å². The zero-order valence-corrected chi connectivity index (χ0v) is 5.27. The third-order valence-corrected chi connectivity index (χ3v) is 3.04. The second kappa shape index (κ2) is 1.31. The van der Waals surface area contributed by atoms with Crippen molar-refractivity contribution >= 4 is 21.7 Å². The molecule has 36 valence electrons. The molecule has 0 nitrogen and oxygen atoms in total. The van der Waals surface area contributed by atoms with Crippen molar-refractivity contribution in [2.24, 2.45) is 0 Å². The van der Waals surface area contributed by atoms with Crippen LogP contribution in [-0.4, -0.2) is 4.75 Å². The lowest BCUT2D eigenvalue weighted by Crippen LogP contribution is -1.85. The summed E-state index contributed by atoms with van der Waals surface area (Å²) in [5.74, 6) is 0. The predicted octanol–water partition coefficient (Wildman–Crippen LogP) is 2.43. The fourth-order valence-corrected chi connectivity index (χ4v) is 0.972. The minimum atomic E-state index is 0.474. The van der Waals surface area contributed by atoms with Crippen LogP contribution < -0.4 is 0 Å². The van der Waals surface area contributed by atoms with E-state index >= 15 is 0 Å². The molecule has 1 aliphatic carbocycles. The van der Waals surface area contributed by atoms with E-state index in [2.05, 4.69) is 6.92 Å². The summed E-state index contributed by atoms with van der Waals surface area (Å²) in [6.45, 7) is 2.19. The molecule has 0 unspecified atom stereocenters. The summed E-state index contributed by atoms with van der Waals surface area (Å²) in [7, 11) is 6.92. The molecule has 0 saturated heterocycles. The first-order valence-corrected chi connectivity index (χ1v) is 3.71. The molecule has 0 aromatic carbocycles. The molecular weight excluding hydrogens is 116 g/mol. The van der Waals surface area contributed by atoms with Crippen molar-refractivity contribution in [3.8, 4) is 0 Å². The van der Waals surface area contributed by atoms with Crippen LogP contribution in [0.1, 0.15) is 19.8 Å². The predicted molar refractivity (Wildman–Crippen MR) is 31.1 cm³/mol. The van der Waals surface area contributed by atoms with Gasteiger partial charge in [0.15, 0.2) is 0 Å². The zero-order chi connectivity index (χ0) is 4.62. The van der Waals surface area contributed by atoms with Crippen molar-refractivity contribution in [2.45, 2.75) is 24.5 Å². The fraction of sp³-hybridized carbons (Fsp3) is 1.00. The summed E-state index contributed by atoms with van der Waals surface area (Å²) < 4.78 is 0.474. The van der Waals surface area contributed by atoms with Gasteiger partial charge in [-0.05, 0) is 41.4 Å². The van der Waals surface area contributed by atoms with Gasteiger partial charge < -0.3 is 0 Å². The lowest BCUT2D eigenvalue weighted by atomic mass is 10.5. The number of rotatable bonds is 1. The molecule has 1 aliphatic rings. The van der Waals surface area contributed by atoms with Crippen LogP contribution in [0, 0.1) is 0 Å². The van der Waals surface area contributed by atoms with Crippen LogP contribution in [-0.2, 0) is 0 Å². The van der Waals surface area contributed by atoms with E-state index in [1.807, 2.05) is 0 Å². The summed E-state index contributed by atoms with van der Waals surface area (Å²) in [5, 5.41) is 0. The molecule has 0 bridgehead atoms. The van der Waals surface area contributed by atoms with Crippen LogP contribution in [0.5, 0.6) is 0 Å². The van der Waals surface area contributed by atoms with Gasteiger partial charge in [-0.2, -0.15) is 0 Å². The Morgan fingerprint density at radius 2 is 2.17 bits per heavy atom. The van der Waals surface area contributed by atoms with E-state index < -0.39 is 0 Å². The fourth-order valence-electron chi connectivity index (χ4n) is 0.253. The second-order valence-electron chi connectivity index (χ2n) is 2.03. The van der Waals surface area contributed by atoms with Gasteiger partial charge in [-0.1, -0.05) is 0 Å². The van der Waals surface area contributed by atoms with E-state index in [0.717, 1.165) is 0 Å². The Morgan fingerprint density at radius 3 is 2.17 bits per heavy atom. The number of hydrogen-bond acceptors (Lipinski definition) is 1. The molecule has 0 aromatic heterocycles. The van der Waals surface area contributed by atoms with Gasteiger partial charge in [-0.15, -0.1) is 0 Å². The van der Waals surface area contributed by atoms with E-state index in [1.54, 1.807) is 0 Å². The van der Waals surface area contributed by atoms with Gasteiger partial charge in [0, 0.05) is 4.75 Å². The first-order valence-electron chi connectivity index (χ1n) is 2.07. The van der Waals surface area contributed by atoms with E-state index in [1.165, 1.54) is 23.8 Å². The Balaban J connectivity index is 2.28. The summed E-state index contributed by atoms with van der Waals surface area (Å²) in [4.78, 5) is 0. The summed E-state index contributed by atoms with van der Waals surface area (Å²) in [6, 6.07) is 0. The van der Waals surface area contributed by atoms with E-state index in [4.69, 9.17) is 10.7 Å². The Labute approximate surface area is 46.8 Å². The molecule has 1 saturated carbocycles. The first kappa shape index (κ1) is 4.79. The van der Waals surface area contributed by atoms with Crippen molar-refractivity contribution in [1.29, 1.82) is 0 Å². The smallest absolute Gasteiger partial charge is 0.0284 e. The molecule has 0 N–H and O–H groups in total. The highest BCUT2D eigenvalue weighted by molar-refractivity contribution is 8.22. The van der Waals surface area contributed by atoms with Crippen molar-refractivity contribution in [3.63, 3.8) is 0 Å². The highest BCUT2D eigenvalue weighted by Crippen LogP contribution is 2.49. The molecule has 6 heavy (non-hydrogen) atoms. The molecule has 0 heterocycles. The molecule has 1 fully saturated rings. The maximum atomic E-state index is 5.46. The molecule has 0 atom stereocenters. The molecule has 0 amide bonds. The monoisotopic (exact) mass is 122 g/mol. The highest BCUT2D eigenvalue weighted by Gasteiger charge is 2.37. The Morgan fingerprint density at radius 1 is 1.67 bits per heavy atom. The molecular formula is C4H7ClS. The Kier molecular flexibility index (Phi) is 1.04. The molecule has 0 spiro atoms. The zero-order valence-electron chi connectivity index (χ0n) is 3.70. The lowest BCUT2D eigenvalue weighted by Gasteiger charge is -1.93. The maximum absolute atomic E-state index is 5.46. The lowest BCUT2D eigenvalue weighted by molar-refractivity contribution is 1.06. The molecule has 2 heteroatoms. The SMILES string of the molecule is CC1(SCl)CC1. The van der Waals surface area contributed by atoms with E-state index in [0.29, 0.717) is 4.75 Å². The minimum Gasteiger partial charge on any atom is -0.0493 e. The van der Waals surface area contributed by atoms with Gasteiger partial charge in [0.05, 0.1) is 0 Å². The second-order valence-corrected chi connectivity index (χ2v) is 3.63.